The molecular formula is C18H18ClN7O. The van der Waals surface area contributed by atoms with Crippen molar-refractivity contribution in [3.8, 4) is 5.75 Å². The number of nitrogens with one attached hydrogen (secondary N) is 1. The lowest BCUT2D eigenvalue weighted by Crippen LogP contribution is -2.06. The highest BCUT2D eigenvalue weighted by Gasteiger charge is 2.15. The average molecular weight is 384 g/mol. The topological polar surface area (TPSA) is 104 Å². The summed E-state index contributed by atoms with van der Waals surface area (Å²) in [5.74, 6) is 1.59. The second-order valence-corrected chi connectivity index (χ2v) is 6.41. The summed E-state index contributed by atoms with van der Waals surface area (Å²) in [5.41, 5.74) is 7.79. The number of anilines is 2. The number of aromatic nitrogens is 5. The molecule has 27 heavy (non-hydrogen) atoms. The summed E-state index contributed by atoms with van der Waals surface area (Å²) in [4.78, 5) is 4.48. The molecule has 0 aliphatic rings. The van der Waals surface area contributed by atoms with Gasteiger partial charge in [0, 0.05) is 30.1 Å². The Kier molecular flexibility index (Phi) is 4.41. The maximum Gasteiger partial charge on any atom is 0.158 e. The second kappa shape index (κ2) is 6.88. The number of nitrogen functional groups attached to an aromatic ring is 1. The van der Waals surface area contributed by atoms with Gasteiger partial charge in [0.1, 0.15) is 5.75 Å². The number of halogens is 1. The summed E-state index contributed by atoms with van der Waals surface area (Å²) in [7, 11) is 1.59. The van der Waals surface area contributed by atoms with Gasteiger partial charge in [-0.05, 0) is 24.6 Å². The molecule has 0 bridgehead atoms. The van der Waals surface area contributed by atoms with E-state index in [1.165, 1.54) is 0 Å². The standard InChI is InChI=1S/C18H18ClN7O/c1-3-26-18-12(9-23-26)15-11(8-22-18)16(20)24-25-17(15)21-7-10-4-5-14(27-2)13(19)6-10/h4-6,8-9H,3,7H2,1-2H3,(H2,20,24)(H,21,25). The zero-order chi connectivity index (χ0) is 19.0. The smallest absolute Gasteiger partial charge is 0.158 e. The van der Waals surface area contributed by atoms with Crippen molar-refractivity contribution < 1.29 is 4.74 Å². The molecule has 0 unspecified atom stereocenters. The Hall–Kier alpha value is -3.13. The quantitative estimate of drug-likeness (QED) is 0.545. The molecule has 0 aliphatic heterocycles. The van der Waals surface area contributed by atoms with E-state index in [0.29, 0.717) is 29.0 Å². The molecule has 0 aliphatic carbocycles. The predicted molar refractivity (Wildman–Crippen MR) is 106 cm³/mol. The van der Waals surface area contributed by atoms with Gasteiger partial charge < -0.3 is 15.8 Å². The summed E-state index contributed by atoms with van der Waals surface area (Å²) in [5, 5.41) is 19.0. The molecule has 0 radical (unpaired) electrons. The van der Waals surface area contributed by atoms with Gasteiger partial charge in [-0.1, -0.05) is 17.7 Å². The molecule has 0 atom stereocenters. The molecule has 3 aromatic heterocycles. The highest BCUT2D eigenvalue weighted by molar-refractivity contribution is 6.32. The van der Waals surface area contributed by atoms with Crippen LogP contribution in [0.3, 0.4) is 0 Å². The van der Waals surface area contributed by atoms with Gasteiger partial charge in [-0.2, -0.15) is 5.10 Å². The largest absolute Gasteiger partial charge is 0.495 e. The molecule has 8 nitrogen and oxygen atoms in total. The fourth-order valence-corrected chi connectivity index (χ4v) is 3.32. The Morgan fingerprint density at radius 3 is 2.81 bits per heavy atom. The van der Waals surface area contributed by atoms with Gasteiger partial charge in [-0.25, -0.2) is 9.67 Å². The number of rotatable bonds is 5. The molecular weight excluding hydrogens is 366 g/mol. The number of pyridine rings is 1. The van der Waals surface area contributed by atoms with Crippen LogP contribution in [0.15, 0.2) is 30.6 Å². The van der Waals surface area contributed by atoms with Crippen LogP contribution in [0.5, 0.6) is 5.75 Å². The fraction of sp³-hybridized carbons (Fsp3) is 0.222. The molecule has 1 aromatic carbocycles. The van der Waals surface area contributed by atoms with Crippen LogP contribution in [0.2, 0.25) is 5.02 Å². The third kappa shape index (κ3) is 2.97. The van der Waals surface area contributed by atoms with Crippen molar-refractivity contribution in [2.45, 2.75) is 20.0 Å². The van der Waals surface area contributed by atoms with Crippen molar-refractivity contribution in [2.24, 2.45) is 0 Å². The summed E-state index contributed by atoms with van der Waals surface area (Å²) in [6.07, 6.45) is 3.50. The van der Waals surface area contributed by atoms with Gasteiger partial charge in [0.25, 0.3) is 0 Å². The average Bonchev–Trinajstić information content (AvgIpc) is 3.11. The van der Waals surface area contributed by atoms with Crippen LogP contribution in [0, 0.1) is 0 Å². The lowest BCUT2D eigenvalue weighted by molar-refractivity contribution is 0.415. The van der Waals surface area contributed by atoms with Crippen LogP contribution in [0.1, 0.15) is 12.5 Å². The lowest BCUT2D eigenvalue weighted by atomic mass is 10.1. The van der Waals surface area contributed by atoms with Crippen LogP contribution >= 0.6 is 11.6 Å². The number of aryl methyl sites for hydroxylation is 1. The molecule has 9 heteroatoms. The molecule has 0 amide bonds. The Bertz CT molecular complexity index is 1140. The zero-order valence-corrected chi connectivity index (χ0v) is 15.7. The lowest BCUT2D eigenvalue weighted by Gasteiger charge is -2.11. The molecule has 4 rings (SSSR count). The van der Waals surface area contributed by atoms with Gasteiger partial charge in [0.2, 0.25) is 0 Å². The van der Waals surface area contributed by atoms with Crippen LogP contribution < -0.4 is 15.8 Å². The fourth-order valence-electron chi connectivity index (χ4n) is 3.04. The first-order valence-corrected chi connectivity index (χ1v) is 8.82. The molecule has 0 saturated carbocycles. The third-order valence-electron chi connectivity index (χ3n) is 4.41. The molecule has 138 valence electrons. The van der Waals surface area contributed by atoms with Crippen molar-refractivity contribution in [1.29, 1.82) is 0 Å². The molecule has 3 heterocycles. The minimum Gasteiger partial charge on any atom is -0.495 e. The van der Waals surface area contributed by atoms with Crippen molar-refractivity contribution in [1.82, 2.24) is 25.0 Å². The SMILES string of the molecule is CCn1ncc2c3c(NCc4ccc(OC)c(Cl)c4)nnc(N)c3cnc21. The normalized spacial score (nSPS) is 11.2. The maximum absolute atomic E-state index is 6.21. The Morgan fingerprint density at radius 2 is 2.07 bits per heavy atom. The van der Waals surface area contributed by atoms with E-state index in [2.05, 4.69) is 25.6 Å². The van der Waals surface area contributed by atoms with Crippen LogP contribution in [-0.4, -0.2) is 32.1 Å². The highest BCUT2D eigenvalue weighted by atomic mass is 35.5. The minimum atomic E-state index is 0.335. The second-order valence-electron chi connectivity index (χ2n) is 6.00. The number of ether oxygens (including phenoxy) is 1. The number of hydrogen-bond acceptors (Lipinski definition) is 7. The molecule has 3 N–H and O–H groups in total. The van der Waals surface area contributed by atoms with Gasteiger partial charge in [0.15, 0.2) is 17.3 Å². The number of benzene rings is 1. The molecule has 0 spiro atoms. The number of hydrogen-bond donors (Lipinski definition) is 2. The van der Waals surface area contributed by atoms with E-state index in [9.17, 15) is 0 Å². The first-order valence-electron chi connectivity index (χ1n) is 8.45. The summed E-state index contributed by atoms with van der Waals surface area (Å²) < 4.78 is 7.02. The van der Waals surface area contributed by atoms with E-state index in [1.807, 2.05) is 29.8 Å². The van der Waals surface area contributed by atoms with Crippen molar-refractivity contribution in [3.63, 3.8) is 0 Å². The monoisotopic (exact) mass is 383 g/mol. The van der Waals surface area contributed by atoms with E-state index in [-0.39, 0.29) is 0 Å². The summed E-state index contributed by atoms with van der Waals surface area (Å²) >= 11 is 6.21. The number of fused-ring (bicyclic) bond motifs is 3. The number of methoxy groups -OCH3 is 1. The van der Waals surface area contributed by atoms with Gasteiger partial charge in [-0.15, -0.1) is 10.2 Å². The maximum atomic E-state index is 6.21. The Labute approximate surface area is 160 Å². The Balaban J connectivity index is 1.76. The van der Waals surface area contributed by atoms with Gasteiger partial charge >= 0.3 is 0 Å². The first-order chi connectivity index (χ1) is 13.1. The van der Waals surface area contributed by atoms with Crippen molar-refractivity contribution in [2.75, 3.05) is 18.2 Å². The van der Waals surface area contributed by atoms with Gasteiger partial charge in [0.05, 0.1) is 23.7 Å². The minimum absolute atomic E-state index is 0.335. The number of nitrogens with zero attached hydrogens (tertiary/aromatic N) is 5. The van der Waals surface area contributed by atoms with Crippen LogP contribution in [0.25, 0.3) is 21.8 Å². The molecule has 0 fully saturated rings. The Morgan fingerprint density at radius 1 is 1.22 bits per heavy atom. The first kappa shape index (κ1) is 17.3. The van der Waals surface area contributed by atoms with Crippen LogP contribution in [0.4, 0.5) is 11.6 Å². The highest BCUT2D eigenvalue weighted by Crippen LogP contribution is 2.31. The number of nitrogens with two attached hydrogens (primary N) is 1. The molecule has 0 saturated heterocycles. The third-order valence-corrected chi connectivity index (χ3v) is 4.71. The van der Waals surface area contributed by atoms with Gasteiger partial charge in [-0.3, -0.25) is 0 Å². The van der Waals surface area contributed by atoms with Crippen molar-refractivity contribution >= 4 is 45.0 Å². The van der Waals surface area contributed by atoms with E-state index in [4.69, 9.17) is 22.1 Å². The van der Waals surface area contributed by atoms with E-state index < -0.39 is 0 Å². The van der Waals surface area contributed by atoms with E-state index in [0.717, 1.165) is 33.9 Å². The van der Waals surface area contributed by atoms with E-state index >= 15 is 0 Å². The predicted octanol–water partition coefficient (Wildman–Crippen LogP) is 3.25. The zero-order valence-electron chi connectivity index (χ0n) is 14.9. The van der Waals surface area contributed by atoms with Crippen molar-refractivity contribution in [3.05, 3.63) is 41.2 Å². The van der Waals surface area contributed by atoms with Crippen LogP contribution in [-0.2, 0) is 13.1 Å². The summed E-state index contributed by atoms with van der Waals surface area (Å²) in [6.45, 7) is 3.26. The molecule has 4 aromatic rings. The summed E-state index contributed by atoms with van der Waals surface area (Å²) in [6, 6.07) is 5.63. The van der Waals surface area contributed by atoms with E-state index in [1.54, 1.807) is 19.5 Å².